The van der Waals surface area contributed by atoms with E-state index in [9.17, 15) is 9.59 Å². The van der Waals surface area contributed by atoms with Crippen LogP contribution in [0, 0.1) is 0 Å². The summed E-state index contributed by atoms with van der Waals surface area (Å²) in [4.78, 5) is 28.4. The van der Waals surface area contributed by atoms with Crippen molar-refractivity contribution in [1.82, 2.24) is 9.80 Å². The van der Waals surface area contributed by atoms with Crippen LogP contribution in [-0.2, 0) is 20.7 Å². The Hall–Kier alpha value is -1.88. The molecule has 1 fully saturated rings. The van der Waals surface area contributed by atoms with Crippen molar-refractivity contribution >= 4 is 11.8 Å². The van der Waals surface area contributed by atoms with E-state index in [1.54, 1.807) is 6.92 Å². The Balaban J connectivity index is 1.80. The molecule has 2 unspecified atom stereocenters. The molecule has 0 aliphatic carbocycles. The molecule has 0 saturated carbocycles. The highest BCUT2D eigenvalue weighted by atomic mass is 16.5. The molecule has 3 rings (SSSR count). The fourth-order valence-electron chi connectivity index (χ4n) is 3.59. The van der Waals surface area contributed by atoms with Crippen LogP contribution in [0.3, 0.4) is 0 Å². The number of carbonyl (C=O) groups excluding carboxylic acids is 2. The fraction of sp³-hybridized carbons (Fsp3) is 0.556. The highest BCUT2D eigenvalue weighted by Crippen LogP contribution is 2.32. The van der Waals surface area contributed by atoms with Crippen molar-refractivity contribution in [3.05, 3.63) is 35.4 Å². The van der Waals surface area contributed by atoms with E-state index in [0.717, 1.165) is 12.0 Å². The van der Waals surface area contributed by atoms with Crippen molar-refractivity contribution in [2.75, 3.05) is 26.2 Å². The maximum atomic E-state index is 12.7. The molecular weight excluding hydrogens is 292 g/mol. The molecule has 1 aromatic carbocycles. The minimum atomic E-state index is -0.150. The average molecular weight is 316 g/mol. The second kappa shape index (κ2) is 6.71. The van der Waals surface area contributed by atoms with E-state index in [2.05, 4.69) is 6.07 Å². The molecule has 2 amide bonds. The van der Waals surface area contributed by atoms with Crippen molar-refractivity contribution in [2.45, 2.75) is 38.8 Å². The van der Waals surface area contributed by atoms with Gasteiger partial charge in [0.05, 0.1) is 25.2 Å². The molecule has 1 aromatic rings. The van der Waals surface area contributed by atoms with E-state index in [4.69, 9.17) is 4.74 Å². The van der Waals surface area contributed by atoms with Gasteiger partial charge in [-0.15, -0.1) is 0 Å². The molecule has 0 bridgehead atoms. The monoisotopic (exact) mass is 316 g/mol. The van der Waals surface area contributed by atoms with Gasteiger partial charge in [-0.3, -0.25) is 9.59 Å². The lowest BCUT2D eigenvalue weighted by atomic mass is 9.90. The lowest BCUT2D eigenvalue weighted by Crippen LogP contribution is -2.47. The standard InChI is InChI=1S/C18H24N2O3/c1-13-12-19(9-10-23-13)18(22)11-17-16-6-4-3-5-15(16)7-8-20(17)14(2)21/h3-6,13,17H,7-12H2,1-2H3. The molecule has 5 heteroatoms. The predicted molar refractivity (Wildman–Crippen MR) is 86.9 cm³/mol. The lowest BCUT2D eigenvalue weighted by molar-refractivity contribution is -0.141. The molecule has 2 aliphatic rings. The highest BCUT2D eigenvalue weighted by Gasteiger charge is 2.32. The van der Waals surface area contributed by atoms with Gasteiger partial charge in [-0.25, -0.2) is 0 Å². The minimum absolute atomic E-state index is 0.0349. The molecule has 0 radical (unpaired) electrons. The van der Waals surface area contributed by atoms with Gasteiger partial charge in [-0.1, -0.05) is 24.3 Å². The first-order chi connectivity index (χ1) is 11.1. The van der Waals surface area contributed by atoms with Crippen LogP contribution in [-0.4, -0.2) is 54.0 Å². The molecule has 2 atom stereocenters. The first-order valence-corrected chi connectivity index (χ1v) is 8.30. The van der Waals surface area contributed by atoms with Crippen LogP contribution in [0.1, 0.15) is 37.4 Å². The molecule has 23 heavy (non-hydrogen) atoms. The highest BCUT2D eigenvalue weighted by molar-refractivity contribution is 5.80. The van der Waals surface area contributed by atoms with Crippen LogP contribution in [0.2, 0.25) is 0 Å². The zero-order chi connectivity index (χ0) is 16.4. The summed E-state index contributed by atoms with van der Waals surface area (Å²) in [7, 11) is 0. The van der Waals surface area contributed by atoms with Crippen molar-refractivity contribution in [3.8, 4) is 0 Å². The Morgan fingerprint density at radius 3 is 2.78 bits per heavy atom. The Morgan fingerprint density at radius 2 is 2.04 bits per heavy atom. The van der Waals surface area contributed by atoms with Crippen LogP contribution < -0.4 is 0 Å². The fourth-order valence-corrected chi connectivity index (χ4v) is 3.59. The molecule has 0 spiro atoms. The summed E-state index contributed by atoms with van der Waals surface area (Å²) in [5, 5.41) is 0. The molecule has 2 aliphatic heterocycles. The maximum absolute atomic E-state index is 12.7. The second-order valence-electron chi connectivity index (χ2n) is 6.40. The smallest absolute Gasteiger partial charge is 0.225 e. The first-order valence-electron chi connectivity index (χ1n) is 8.30. The minimum Gasteiger partial charge on any atom is -0.375 e. The molecular formula is C18H24N2O3. The van der Waals surface area contributed by atoms with E-state index in [1.807, 2.05) is 34.9 Å². The van der Waals surface area contributed by atoms with Crippen LogP contribution in [0.15, 0.2) is 24.3 Å². The summed E-state index contributed by atoms with van der Waals surface area (Å²) >= 11 is 0. The van der Waals surface area contributed by atoms with Crippen molar-refractivity contribution in [1.29, 1.82) is 0 Å². The lowest BCUT2D eigenvalue weighted by Gasteiger charge is -2.38. The molecule has 0 aromatic heterocycles. The summed E-state index contributed by atoms with van der Waals surface area (Å²) < 4.78 is 5.51. The molecule has 5 nitrogen and oxygen atoms in total. The number of ether oxygens (including phenoxy) is 1. The topological polar surface area (TPSA) is 49.9 Å². The Morgan fingerprint density at radius 1 is 1.26 bits per heavy atom. The van der Waals surface area contributed by atoms with Gasteiger partial charge in [-0.2, -0.15) is 0 Å². The summed E-state index contributed by atoms with van der Waals surface area (Å²) in [6.45, 7) is 6.11. The quantitative estimate of drug-likeness (QED) is 0.835. The second-order valence-corrected chi connectivity index (χ2v) is 6.40. The summed E-state index contributed by atoms with van der Waals surface area (Å²) in [6.07, 6.45) is 1.29. The Kier molecular flexibility index (Phi) is 4.66. The molecule has 2 heterocycles. The number of hydrogen-bond donors (Lipinski definition) is 0. The van der Waals surface area contributed by atoms with E-state index in [-0.39, 0.29) is 24.0 Å². The maximum Gasteiger partial charge on any atom is 0.225 e. The van der Waals surface area contributed by atoms with Gasteiger partial charge in [0.25, 0.3) is 0 Å². The van der Waals surface area contributed by atoms with Gasteiger partial charge in [0, 0.05) is 26.6 Å². The first kappa shape index (κ1) is 16.0. The zero-order valence-corrected chi connectivity index (χ0v) is 13.8. The van der Waals surface area contributed by atoms with E-state index in [1.165, 1.54) is 5.56 Å². The SMILES string of the molecule is CC(=O)N1CCc2ccccc2C1CC(=O)N1CCOC(C)C1. The summed E-state index contributed by atoms with van der Waals surface area (Å²) in [5.41, 5.74) is 2.36. The Labute approximate surface area is 137 Å². The molecule has 0 N–H and O–H groups in total. The largest absolute Gasteiger partial charge is 0.375 e. The van der Waals surface area contributed by atoms with Gasteiger partial charge < -0.3 is 14.5 Å². The number of nitrogens with zero attached hydrogens (tertiary/aromatic N) is 2. The van der Waals surface area contributed by atoms with Gasteiger partial charge in [0.15, 0.2) is 0 Å². The van der Waals surface area contributed by atoms with E-state index < -0.39 is 0 Å². The van der Waals surface area contributed by atoms with Crippen LogP contribution in [0.5, 0.6) is 0 Å². The zero-order valence-electron chi connectivity index (χ0n) is 13.8. The van der Waals surface area contributed by atoms with Gasteiger partial charge in [0.1, 0.15) is 0 Å². The molecule has 1 saturated heterocycles. The van der Waals surface area contributed by atoms with Crippen LogP contribution in [0.25, 0.3) is 0 Å². The predicted octanol–water partition coefficient (Wildman–Crippen LogP) is 1.77. The number of benzene rings is 1. The van der Waals surface area contributed by atoms with Crippen molar-refractivity contribution in [3.63, 3.8) is 0 Å². The van der Waals surface area contributed by atoms with Crippen molar-refractivity contribution < 1.29 is 14.3 Å². The number of fused-ring (bicyclic) bond motifs is 1. The van der Waals surface area contributed by atoms with Crippen molar-refractivity contribution in [2.24, 2.45) is 0 Å². The molecule has 124 valence electrons. The number of amides is 2. The number of hydrogen-bond acceptors (Lipinski definition) is 3. The summed E-state index contributed by atoms with van der Waals surface area (Å²) in [5.74, 6) is 0.140. The third-order valence-corrected chi connectivity index (χ3v) is 4.78. The number of rotatable bonds is 2. The third kappa shape index (κ3) is 3.39. The van der Waals surface area contributed by atoms with Gasteiger partial charge >= 0.3 is 0 Å². The van der Waals surface area contributed by atoms with Gasteiger partial charge in [0.2, 0.25) is 11.8 Å². The number of carbonyl (C=O) groups is 2. The third-order valence-electron chi connectivity index (χ3n) is 4.78. The average Bonchev–Trinajstić information content (AvgIpc) is 2.54. The van der Waals surface area contributed by atoms with E-state index in [0.29, 0.717) is 32.7 Å². The van der Waals surface area contributed by atoms with Crippen LogP contribution in [0.4, 0.5) is 0 Å². The normalized spacial score (nSPS) is 24.3. The van der Waals surface area contributed by atoms with E-state index >= 15 is 0 Å². The Bertz CT molecular complexity index is 602. The van der Waals surface area contributed by atoms with Gasteiger partial charge in [-0.05, 0) is 24.5 Å². The summed E-state index contributed by atoms with van der Waals surface area (Å²) in [6, 6.07) is 8.00. The number of morpholine rings is 1. The van der Waals surface area contributed by atoms with Crippen LogP contribution >= 0.6 is 0 Å².